The summed E-state index contributed by atoms with van der Waals surface area (Å²) in [5, 5.41) is 2.00. The van der Waals surface area contributed by atoms with Gasteiger partial charge in [-0.2, -0.15) is 0 Å². The maximum Gasteiger partial charge on any atom is 0.275 e. The molecule has 116 valence electrons. The summed E-state index contributed by atoms with van der Waals surface area (Å²) in [6.07, 6.45) is 15.0. The van der Waals surface area contributed by atoms with Crippen molar-refractivity contribution in [2.45, 2.75) is 0 Å². The fourth-order valence-electron chi connectivity index (χ4n) is 2.63. The molecule has 0 fully saturated rings. The Labute approximate surface area is 143 Å². The van der Waals surface area contributed by atoms with Gasteiger partial charge in [-0.1, -0.05) is 60.7 Å². The molecule has 0 amide bonds. The summed E-state index contributed by atoms with van der Waals surface area (Å²) in [5.41, 5.74) is 3.60. The minimum absolute atomic E-state index is 0.0407. The van der Waals surface area contributed by atoms with E-state index in [-0.39, 0.29) is 5.56 Å². The van der Waals surface area contributed by atoms with Crippen LogP contribution in [0.3, 0.4) is 0 Å². The monoisotopic (exact) mass is 330 g/mol. The SMILES string of the molecule is O=c1c2scc(-c3ccccc3)c2ncn1C1=CC=CC=CC=C1. The van der Waals surface area contributed by atoms with Crippen LogP contribution in [0.4, 0.5) is 0 Å². The molecule has 1 aromatic carbocycles. The van der Waals surface area contributed by atoms with Crippen molar-refractivity contribution in [1.29, 1.82) is 0 Å². The Morgan fingerprint density at radius 2 is 1.75 bits per heavy atom. The lowest BCUT2D eigenvalue weighted by Crippen LogP contribution is -2.18. The van der Waals surface area contributed by atoms with E-state index in [0.717, 1.165) is 22.3 Å². The van der Waals surface area contributed by atoms with E-state index in [2.05, 4.69) is 4.98 Å². The molecular weight excluding hydrogens is 316 g/mol. The summed E-state index contributed by atoms with van der Waals surface area (Å²) in [7, 11) is 0. The Morgan fingerprint density at radius 3 is 2.62 bits per heavy atom. The Morgan fingerprint density at radius 1 is 0.958 bits per heavy atom. The average molecular weight is 330 g/mol. The third-order valence-corrected chi connectivity index (χ3v) is 4.78. The molecule has 0 saturated heterocycles. The van der Waals surface area contributed by atoms with Crippen LogP contribution in [0.25, 0.3) is 27.0 Å². The van der Waals surface area contributed by atoms with E-state index in [1.165, 1.54) is 11.3 Å². The molecule has 3 aromatic rings. The van der Waals surface area contributed by atoms with Gasteiger partial charge < -0.3 is 0 Å². The van der Waals surface area contributed by atoms with E-state index in [9.17, 15) is 4.79 Å². The highest BCUT2D eigenvalue weighted by Crippen LogP contribution is 2.30. The molecular formula is C20H14N2OS. The van der Waals surface area contributed by atoms with Crippen LogP contribution < -0.4 is 5.56 Å². The number of nitrogens with zero attached hydrogens (tertiary/aromatic N) is 2. The third-order valence-electron chi connectivity index (χ3n) is 3.82. The molecule has 0 radical (unpaired) electrons. The van der Waals surface area contributed by atoms with Crippen molar-refractivity contribution in [3.63, 3.8) is 0 Å². The molecule has 0 atom stereocenters. The highest BCUT2D eigenvalue weighted by Gasteiger charge is 2.13. The minimum Gasteiger partial charge on any atom is -0.267 e. The fourth-order valence-corrected chi connectivity index (χ4v) is 3.59. The molecule has 4 heteroatoms. The molecule has 0 N–H and O–H groups in total. The van der Waals surface area contributed by atoms with Gasteiger partial charge in [-0.05, 0) is 17.7 Å². The Balaban J connectivity index is 1.87. The summed E-state index contributed by atoms with van der Waals surface area (Å²) >= 11 is 1.44. The molecule has 0 unspecified atom stereocenters. The summed E-state index contributed by atoms with van der Waals surface area (Å²) < 4.78 is 2.26. The van der Waals surface area contributed by atoms with Crippen LogP contribution in [0, 0.1) is 0 Å². The van der Waals surface area contributed by atoms with Crippen molar-refractivity contribution >= 4 is 27.3 Å². The summed E-state index contributed by atoms with van der Waals surface area (Å²) in [4.78, 5) is 17.5. The van der Waals surface area contributed by atoms with Crippen LogP contribution in [0.1, 0.15) is 0 Å². The van der Waals surface area contributed by atoms with E-state index in [4.69, 9.17) is 0 Å². The number of hydrogen-bond donors (Lipinski definition) is 0. The number of rotatable bonds is 2. The third kappa shape index (κ3) is 2.57. The quantitative estimate of drug-likeness (QED) is 0.685. The molecule has 3 nitrogen and oxygen atoms in total. The van der Waals surface area contributed by atoms with Crippen molar-refractivity contribution in [1.82, 2.24) is 9.55 Å². The van der Waals surface area contributed by atoms with E-state index in [0.29, 0.717) is 4.70 Å². The van der Waals surface area contributed by atoms with E-state index < -0.39 is 0 Å². The molecule has 0 spiro atoms. The topological polar surface area (TPSA) is 34.9 Å². The number of thiophene rings is 1. The lowest BCUT2D eigenvalue weighted by molar-refractivity contribution is 1.000. The van der Waals surface area contributed by atoms with Crippen molar-refractivity contribution < 1.29 is 0 Å². The van der Waals surface area contributed by atoms with Gasteiger partial charge >= 0.3 is 0 Å². The highest BCUT2D eigenvalue weighted by molar-refractivity contribution is 7.17. The molecule has 0 saturated carbocycles. The number of aromatic nitrogens is 2. The van der Waals surface area contributed by atoms with Crippen molar-refractivity contribution in [2.24, 2.45) is 0 Å². The zero-order chi connectivity index (χ0) is 16.4. The lowest BCUT2D eigenvalue weighted by atomic mass is 10.1. The molecule has 24 heavy (non-hydrogen) atoms. The summed E-state index contributed by atoms with van der Waals surface area (Å²) in [6.45, 7) is 0. The summed E-state index contributed by atoms with van der Waals surface area (Å²) in [5.74, 6) is 0. The Hall–Kier alpha value is -2.98. The van der Waals surface area contributed by atoms with E-state index >= 15 is 0 Å². The van der Waals surface area contributed by atoms with E-state index in [1.54, 1.807) is 10.9 Å². The van der Waals surface area contributed by atoms with Crippen LogP contribution in [0.15, 0.2) is 89.4 Å². The fraction of sp³-hybridized carbons (Fsp3) is 0. The molecule has 1 aliphatic carbocycles. The first-order valence-corrected chi connectivity index (χ1v) is 8.49. The molecule has 0 aliphatic heterocycles. The highest BCUT2D eigenvalue weighted by atomic mass is 32.1. The zero-order valence-electron chi connectivity index (χ0n) is 12.8. The predicted octanol–water partition coefficient (Wildman–Crippen LogP) is 4.65. The van der Waals surface area contributed by atoms with Crippen molar-refractivity contribution in [3.8, 4) is 11.1 Å². The van der Waals surface area contributed by atoms with Gasteiger partial charge in [0.15, 0.2) is 0 Å². The van der Waals surface area contributed by atoms with Crippen LogP contribution in [-0.4, -0.2) is 9.55 Å². The molecule has 1 aliphatic rings. The number of hydrogen-bond acceptors (Lipinski definition) is 3. The first-order chi connectivity index (χ1) is 11.8. The molecule has 2 aromatic heterocycles. The second kappa shape index (κ2) is 6.26. The van der Waals surface area contributed by atoms with Crippen LogP contribution >= 0.6 is 11.3 Å². The van der Waals surface area contributed by atoms with Crippen LogP contribution in [0.2, 0.25) is 0 Å². The Bertz CT molecular complexity index is 1070. The van der Waals surface area contributed by atoms with Crippen LogP contribution in [-0.2, 0) is 0 Å². The maximum absolute atomic E-state index is 12.9. The van der Waals surface area contributed by atoms with E-state index in [1.807, 2.05) is 78.2 Å². The van der Waals surface area contributed by atoms with Crippen LogP contribution in [0.5, 0.6) is 0 Å². The molecule has 4 rings (SSSR count). The minimum atomic E-state index is -0.0407. The zero-order valence-corrected chi connectivity index (χ0v) is 13.6. The molecule has 0 bridgehead atoms. The largest absolute Gasteiger partial charge is 0.275 e. The first kappa shape index (κ1) is 14.6. The second-order valence-corrected chi connectivity index (χ2v) is 6.21. The molecule has 2 heterocycles. The number of allylic oxidation sites excluding steroid dienone is 8. The van der Waals surface area contributed by atoms with Gasteiger partial charge in [0.1, 0.15) is 11.0 Å². The predicted molar refractivity (Wildman–Crippen MR) is 101 cm³/mol. The van der Waals surface area contributed by atoms with Gasteiger partial charge in [-0.3, -0.25) is 9.36 Å². The second-order valence-electron chi connectivity index (χ2n) is 5.33. The maximum atomic E-state index is 12.9. The van der Waals surface area contributed by atoms with Gasteiger partial charge in [0.2, 0.25) is 0 Å². The first-order valence-electron chi connectivity index (χ1n) is 7.61. The van der Waals surface area contributed by atoms with Gasteiger partial charge in [0.05, 0.1) is 11.2 Å². The van der Waals surface area contributed by atoms with Crippen molar-refractivity contribution in [2.75, 3.05) is 0 Å². The van der Waals surface area contributed by atoms with Gasteiger partial charge in [0.25, 0.3) is 5.56 Å². The lowest BCUT2D eigenvalue weighted by Gasteiger charge is -2.06. The number of fused-ring (bicyclic) bond motifs is 1. The normalized spacial score (nSPS) is 13.8. The average Bonchev–Trinajstić information content (AvgIpc) is 3.01. The standard InChI is InChI=1S/C20H14N2OS/c23-20-19-18(17(13-24-19)15-9-5-4-6-10-15)21-14-22(20)16-11-7-2-1-3-8-12-16/h1-14H. The smallest absolute Gasteiger partial charge is 0.267 e. The number of benzene rings is 1. The van der Waals surface area contributed by atoms with Gasteiger partial charge in [0, 0.05) is 10.9 Å². The summed E-state index contributed by atoms with van der Waals surface area (Å²) in [6, 6.07) is 10.0. The van der Waals surface area contributed by atoms with Gasteiger partial charge in [-0.15, -0.1) is 11.3 Å². The van der Waals surface area contributed by atoms with Gasteiger partial charge in [-0.25, -0.2) is 4.98 Å². The Kier molecular flexibility index (Phi) is 3.81. The van der Waals surface area contributed by atoms with Crippen molar-refractivity contribution in [3.05, 3.63) is 94.9 Å².